The first kappa shape index (κ1) is 22.3. The predicted molar refractivity (Wildman–Crippen MR) is 125 cm³/mol. The van der Waals surface area contributed by atoms with Crippen molar-refractivity contribution in [1.29, 1.82) is 5.26 Å². The van der Waals surface area contributed by atoms with Gasteiger partial charge in [-0.05, 0) is 43.3 Å². The van der Waals surface area contributed by atoms with Crippen molar-refractivity contribution in [2.24, 2.45) is 4.99 Å². The number of halogens is 3. The summed E-state index contributed by atoms with van der Waals surface area (Å²) in [5.41, 5.74) is 1.39. The molecule has 1 aliphatic rings. The van der Waals surface area contributed by atoms with Crippen molar-refractivity contribution in [3.05, 3.63) is 69.6 Å². The van der Waals surface area contributed by atoms with E-state index in [0.717, 1.165) is 0 Å². The molecule has 32 heavy (non-hydrogen) atoms. The second-order valence-electron chi connectivity index (χ2n) is 7.14. The van der Waals surface area contributed by atoms with Crippen LogP contribution in [0, 0.1) is 24.1 Å². The lowest BCUT2D eigenvalue weighted by atomic mass is 10.2. The molecule has 1 aliphatic heterocycles. The van der Waals surface area contributed by atoms with Crippen LogP contribution in [0.5, 0.6) is 0 Å². The predicted octanol–water partition coefficient (Wildman–Crippen LogP) is 5.51. The van der Waals surface area contributed by atoms with E-state index in [2.05, 4.69) is 16.3 Å². The van der Waals surface area contributed by atoms with E-state index < -0.39 is 13.3 Å². The monoisotopic (exact) mass is 490 g/mol. The minimum atomic E-state index is -3.63. The van der Waals surface area contributed by atoms with Gasteiger partial charge in [0.25, 0.3) is 7.44 Å². The number of amidine groups is 1. The molecule has 0 unspecified atom stereocenters. The number of aliphatic imine (C=N–C) groups is 1. The Bertz CT molecular complexity index is 1290. The highest BCUT2D eigenvalue weighted by Gasteiger charge is 2.43. The maximum atomic E-state index is 14.6. The molecule has 2 heterocycles. The first-order valence-corrected chi connectivity index (χ1v) is 12.0. The zero-order valence-corrected chi connectivity index (χ0v) is 19.6. The Morgan fingerprint density at radius 2 is 1.84 bits per heavy atom. The van der Waals surface area contributed by atoms with Gasteiger partial charge >= 0.3 is 0 Å². The zero-order chi connectivity index (χ0) is 23.0. The van der Waals surface area contributed by atoms with Crippen molar-refractivity contribution < 1.29 is 8.96 Å². The van der Waals surface area contributed by atoms with Gasteiger partial charge in [-0.3, -0.25) is 9.24 Å². The average Bonchev–Trinajstić information content (AvgIpc) is 3.08. The summed E-state index contributed by atoms with van der Waals surface area (Å²) in [7, 11) is -1.99. The molecule has 0 spiro atoms. The number of para-hydroxylation sites is 1. The second-order valence-corrected chi connectivity index (χ2v) is 10.4. The molecule has 11 heteroatoms. The molecule has 0 saturated carbocycles. The number of aromatic nitrogens is 2. The average molecular weight is 491 g/mol. The van der Waals surface area contributed by atoms with Crippen LogP contribution in [0.3, 0.4) is 0 Å². The molecule has 1 aromatic heterocycles. The summed E-state index contributed by atoms with van der Waals surface area (Å²) in [5.74, 6) is 0.330. The molecule has 1 atom stereocenters. The summed E-state index contributed by atoms with van der Waals surface area (Å²) in [4.78, 5) is 4.71. The van der Waals surface area contributed by atoms with Crippen molar-refractivity contribution >= 4 is 53.3 Å². The number of benzene rings is 2. The van der Waals surface area contributed by atoms with Gasteiger partial charge in [0.1, 0.15) is 17.0 Å². The lowest BCUT2D eigenvalue weighted by Crippen LogP contribution is -2.36. The summed E-state index contributed by atoms with van der Waals surface area (Å²) in [6.07, 6.45) is 0.207. The van der Waals surface area contributed by atoms with Gasteiger partial charge < -0.3 is 5.09 Å². The summed E-state index contributed by atoms with van der Waals surface area (Å²) in [6, 6.07) is 12.8. The van der Waals surface area contributed by atoms with Crippen molar-refractivity contribution in [2.75, 3.05) is 12.1 Å². The number of nitrogens with zero attached hydrogens (tertiary/aromatic N) is 5. The molecule has 7 nitrogen and oxygen atoms in total. The Balaban J connectivity index is 1.94. The fourth-order valence-electron chi connectivity index (χ4n) is 3.53. The van der Waals surface area contributed by atoms with E-state index in [1.807, 2.05) is 0 Å². The highest BCUT2D eigenvalue weighted by Crippen LogP contribution is 2.55. The van der Waals surface area contributed by atoms with E-state index in [0.29, 0.717) is 43.9 Å². The number of aryl methyl sites for hydroxylation is 2. The number of anilines is 1. The van der Waals surface area contributed by atoms with Gasteiger partial charge in [-0.2, -0.15) is 10.4 Å². The molecule has 1 N–H and O–H groups in total. The number of nitrogens with one attached hydrogen (secondary N) is 1. The van der Waals surface area contributed by atoms with Gasteiger partial charge in [0.2, 0.25) is 0 Å². The molecular weight excluding hydrogens is 473 g/mol. The highest BCUT2D eigenvalue weighted by molar-refractivity contribution is 7.72. The van der Waals surface area contributed by atoms with E-state index in [4.69, 9.17) is 33.5 Å². The fraction of sp³-hybridized carbons (Fsp3) is 0.190. The van der Waals surface area contributed by atoms with Crippen LogP contribution in [-0.2, 0) is 11.1 Å². The number of rotatable bonds is 5. The van der Waals surface area contributed by atoms with Crippen LogP contribution in [0.1, 0.15) is 17.7 Å². The zero-order valence-electron chi connectivity index (χ0n) is 17.2. The SMILES string of the molecule is Cc1nn(CCC#N)c2c1[P@@](=O)(Nc1c(Cl)cccc1Cl)N(C)C(c1ccc(F)cc1)=N2. The molecular formula is C21H18Cl2FN6OP. The normalized spacial score (nSPS) is 17.5. The molecule has 0 radical (unpaired) electrons. The minimum Gasteiger partial charge on any atom is -0.314 e. The van der Waals surface area contributed by atoms with E-state index in [1.165, 1.54) is 16.8 Å². The van der Waals surface area contributed by atoms with Crippen molar-refractivity contribution in [3.8, 4) is 6.07 Å². The lowest BCUT2D eigenvalue weighted by Gasteiger charge is -2.35. The van der Waals surface area contributed by atoms with Crippen molar-refractivity contribution in [3.63, 3.8) is 0 Å². The number of nitriles is 1. The Hall–Kier alpha value is -2.85. The topological polar surface area (TPSA) is 86.3 Å². The van der Waals surface area contributed by atoms with Gasteiger partial charge in [-0.25, -0.2) is 14.1 Å². The summed E-state index contributed by atoms with van der Waals surface area (Å²) < 4.78 is 31.3. The van der Waals surface area contributed by atoms with E-state index >= 15 is 0 Å². The minimum absolute atomic E-state index is 0.207. The maximum Gasteiger partial charge on any atom is 0.296 e. The van der Waals surface area contributed by atoms with Gasteiger partial charge in [-0.1, -0.05) is 29.3 Å². The van der Waals surface area contributed by atoms with Gasteiger partial charge in [0.15, 0.2) is 5.82 Å². The van der Waals surface area contributed by atoms with Crippen LogP contribution in [0.15, 0.2) is 47.5 Å². The molecule has 164 valence electrons. The van der Waals surface area contributed by atoms with E-state index in [1.54, 1.807) is 49.0 Å². The standard InChI is InChI=1S/C21H18Cl2FN6OP/c1-13-19-21(30(27-13)12-4-11-25)26-20(14-7-9-15(24)10-8-14)29(2)32(19,31)28-18-16(22)5-3-6-17(18)23/h3,5-10H,4,12H2,1-2H3,(H,28,31)/t32-/m1/s1. The summed E-state index contributed by atoms with van der Waals surface area (Å²) >= 11 is 12.7. The Labute approximate surface area is 194 Å². The maximum absolute atomic E-state index is 14.6. The molecule has 0 aliphatic carbocycles. The highest BCUT2D eigenvalue weighted by atomic mass is 35.5. The quantitative estimate of drug-likeness (QED) is 0.476. The molecule has 0 bridgehead atoms. The smallest absolute Gasteiger partial charge is 0.296 e. The van der Waals surface area contributed by atoms with Crippen LogP contribution < -0.4 is 10.4 Å². The Morgan fingerprint density at radius 1 is 1.19 bits per heavy atom. The van der Waals surface area contributed by atoms with Crippen LogP contribution in [0.4, 0.5) is 15.9 Å². The Morgan fingerprint density at radius 3 is 2.47 bits per heavy atom. The van der Waals surface area contributed by atoms with E-state index in [9.17, 15) is 8.96 Å². The number of hydrogen-bond donors (Lipinski definition) is 1. The van der Waals surface area contributed by atoms with Crippen LogP contribution in [0.25, 0.3) is 0 Å². The largest absolute Gasteiger partial charge is 0.314 e. The second kappa shape index (κ2) is 8.59. The third kappa shape index (κ3) is 3.77. The van der Waals surface area contributed by atoms with E-state index in [-0.39, 0.29) is 13.0 Å². The molecule has 0 saturated heterocycles. The fourth-order valence-corrected chi connectivity index (χ4v) is 6.61. The lowest BCUT2D eigenvalue weighted by molar-refractivity contribution is 0.553. The first-order valence-electron chi connectivity index (χ1n) is 9.62. The van der Waals surface area contributed by atoms with Crippen molar-refractivity contribution in [2.45, 2.75) is 19.9 Å². The van der Waals surface area contributed by atoms with Gasteiger partial charge in [-0.15, -0.1) is 0 Å². The van der Waals surface area contributed by atoms with Crippen molar-refractivity contribution in [1.82, 2.24) is 14.5 Å². The van der Waals surface area contributed by atoms with Crippen LogP contribution in [-0.4, -0.2) is 27.3 Å². The number of hydrogen-bond acceptors (Lipinski definition) is 4. The molecule has 2 aromatic carbocycles. The summed E-state index contributed by atoms with van der Waals surface area (Å²) in [6.45, 7) is 2.01. The molecule has 4 rings (SSSR count). The molecule has 0 amide bonds. The summed E-state index contributed by atoms with van der Waals surface area (Å²) in [5, 5.41) is 17.6. The first-order chi connectivity index (χ1) is 15.3. The Kier molecular flexibility index (Phi) is 6.00. The number of fused-ring (bicyclic) bond motifs is 1. The van der Waals surface area contributed by atoms with Gasteiger partial charge in [0, 0.05) is 12.6 Å². The third-order valence-corrected chi connectivity index (χ3v) is 8.40. The molecule has 0 fully saturated rings. The van der Waals surface area contributed by atoms with Crippen LogP contribution >= 0.6 is 30.6 Å². The van der Waals surface area contributed by atoms with Gasteiger partial charge in [0.05, 0.1) is 40.5 Å². The molecule has 3 aromatic rings. The third-order valence-electron chi connectivity index (χ3n) is 5.08. The van der Waals surface area contributed by atoms with Crippen LogP contribution in [0.2, 0.25) is 10.0 Å².